The van der Waals surface area contributed by atoms with Crippen LogP contribution in [-0.2, 0) is 23.4 Å². The fourth-order valence-electron chi connectivity index (χ4n) is 3.45. The third kappa shape index (κ3) is 3.79. The summed E-state index contributed by atoms with van der Waals surface area (Å²) >= 11 is 0. The molecule has 13 heteroatoms. The lowest BCUT2D eigenvalue weighted by atomic mass is 10.1. The van der Waals surface area contributed by atoms with Crippen molar-refractivity contribution in [3.05, 3.63) is 48.0 Å². The van der Waals surface area contributed by atoms with E-state index in [1.165, 1.54) is 43.3 Å². The van der Waals surface area contributed by atoms with E-state index in [-0.39, 0.29) is 34.5 Å². The molecule has 3 aromatic rings. The third-order valence-electron chi connectivity index (χ3n) is 4.89. The summed E-state index contributed by atoms with van der Waals surface area (Å²) in [6.07, 6.45) is -0.713. The second-order valence-electron chi connectivity index (χ2n) is 6.91. The van der Waals surface area contributed by atoms with Crippen molar-refractivity contribution in [1.29, 1.82) is 0 Å². The van der Waals surface area contributed by atoms with Crippen molar-refractivity contribution >= 4 is 21.6 Å². The van der Waals surface area contributed by atoms with Gasteiger partial charge in [0.2, 0.25) is 0 Å². The van der Waals surface area contributed by atoms with Gasteiger partial charge in [0.25, 0.3) is 5.91 Å². The van der Waals surface area contributed by atoms with Crippen molar-refractivity contribution in [1.82, 2.24) is 19.5 Å². The standard InChI is InChI=1S/C19H16F3N5O4S/c1-3-32(29,30)18-16(25-15(26(18)2)12-7-23-10-24-8-12)27-9-11-4-5-13(31-19(20,21)22)6-14(11)17(27)28/h4-8,10H,3,9H2,1-2H3. The molecule has 0 spiro atoms. The SMILES string of the molecule is CCS(=O)(=O)c1c(N2Cc3ccc(OC(F)(F)F)cc3C2=O)nc(-c2cncnc2)n1C. The number of hydrogen-bond acceptors (Lipinski definition) is 7. The maximum absolute atomic E-state index is 13.1. The molecule has 0 fully saturated rings. The molecule has 1 aliphatic rings. The summed E-state index contributed by atoms with van der Waals surface area (Å²) < 4.78 is 68.6. The maximum atomic E-state index is 13.1. The van der Waals surface area contributed by atoms with Crippen molar-refractivity contribution in [2.24, 2.45) is 7.05 Å². The molecule has 0 saturated heterocycles. The van der Waals surface area contributed by atoms with Gasteiger partial charge in [-0.05, 0) is 17.7 Å². The smallest absolute Gasteiger partial charge is 0.406 e. The average molecular weight is 467 g/mol. The molecule has 168 valence electrons. The summed E-state index contributed by atoms with van der Waals surface area (Å²) in [4.78, 5) is 26.4. The minimum atomic E-state index is -4.91. The molecule has 0 N–H and O–H groups in total. The monoisotopic (exact) mass is 467 g/mol. The number of carbonyl (C=O) groups is 1. The van der Waals surface area contributed by atoms with E-state index in [9.17, 15) is 26.4 Å². The Morgan fingerprint density at radius 2 is 1.88 bits per heavy atom. The number of benzene rings is 1. The number of nitrogens with zero attached hydrogens (tertiary/aromatic N) is 5. The zero-order valence-electron chi connectivity index (χ0n) is 16.8. The molecular weight excluding hydrogens is 451 g/mol. The normalized spacial score (nSPS) is 14.0. The van der Waals surface area contributed by atoms with E-state index in [1.54, 1.807) is 0 Å². The van der Waals surface area contributed by atoms with E-state index in [0.717, 1.165) is 17.0 Å². The first-order valence-electron chi connectivity index (χ1n) is 9.27. The van der Waals surface area contributed by atoms with Gasteiger partial charge in [-0.15, -0.1) is 13.2 Å². The van der Waals surface area contributed by atoms with Crippen LogP contribution in [-0.4, -0.2) is 46.0 Å². The van der Waals surface area contributed by atoms with E-state index >= 15 is 0 Å². The summed E-state index contributed by atoms with van der Waals surface area (Å²) in [7, 11) is -2.34. The Bertz CT molecular complexity index is 1310. The molecule has 1 amide bonds. The van der Waals surface area contributed by atoms with Gasteiger partial charge in [0.15, 0.2) is 20.7 Å². The summed E-state index contributed by atoms with van der Waals surface area (Å²) in [5.41, 5.74) is 0.820. The van der Waals surface area contributed by atoms with Gasteiger partial charge >= 0.3 is 6.36 Å². The zero-order valence-corrected chi connectivity index (χ0v) is 17.6. The van der Waals surface area contributed by atoms with Gasteiger partial charge in [-0.25, -0.2) is 23.4 Å². The van der Waals surface area contributed by atoms with Gasteiger partial charge in [-0.2, -0.15) is 0 Å². The quantitative estimate of drug-likeness (QED) is 0.568. The minimum absolute atomic E-state index is 0.0261. The first kappa shape index (κ1) is 21.7. The van der Waals surface area contributed by atoms with Crippen LogP contribution in [0.1, 0.15) is 22.8 Å². The number of alkyl halides is 3. The van der Waals surface area contributed by atoms with Gasteiger partial charge in [0.05, 0.1) is 17.9 Å². The summed E-state index contributed by atoms with van der Waals surface area (Å²) in [6.45, 7) is 1.40. The predicted molar refractivity (Wildman–Crippen MR) is 106 cm³/mol. The van der Waals surface area contributed by atoms with E-state index in [1.807, 2.05) is 0 Å². The summed E-state index contributed by atoms with van der Waals surface area (Å²) in [6, 6.07) is 3.41. The molecular formula is C19H16F3N5O4S. The topological polar surface area (TPSA) is 107 Å². The highest BCUT2D eigenvalue weighted by Gasteiger charge is 2.38. The van der Waals surface area contributed by atoms with Gasteiger partial charge in [-0.1, -0.05) is 13.0 Å². The van der Waals surface area contributed by atoms with E-state index < -0.39 is 27.9 Å². The number of sulfone groups is 1. The second kappa shape index (κ2) is 7.58. The third-order valence-corrected chi connectivity index (χ3v) is 6.70. The van der Waals surface area contributed by atoms with Gasteiger partial charge in [-0.3, -0.25) is 9.69 Å². The Kier molecular flexibility index (Phi) is 5.15. The predicted octanol–water partition coefficient (Wildman–Crippen LogP) is 2.73. The number of anilines is 1. The molecule has 1 aromatic carbocycles. The molecule has 32 heavy (non-hydrogen) atoms. The molecule has 0 atom stereocenters. The highest BCUT2D eigenvalue weighted by Crippen LogP contribution is 2.37. The van der Waals surface area contributed by atoms with Crippen molar-refractivity contribution in [2.75, 3.05) is 10.7 Å². The average Bonchev–Trinajstić information content (AvgIpc) is 3.25. The van der Waals surface area contributed by atoms with Crippen molar-refractivity contribution in [3.63, 3.8) is 0 Å². The highest BCUT2D eigenvalue weighted by atomic mass is 32.2. The van der Waals surface area contributed by atoms with Crippen LogP contribution >= 0.6 is 0 Å². The first-order chi connectivity index (χ1) is 15.0. The molecule has 0 bridgehead atoms. The molecule has 9 nitrogen and oxygen atoms in total. The Labute approximate surface area is 180 Å². The lowest BCUT2D eigenvalue weighted by Gasteiger charge is -2.15. The number of rotatable bonds is 5. The molecule has 0 aliphatic carbocycles. The van der Waals surface area contributed by atoms with Crippen LogP contribution in [0.4, 0.5) is 19.0 Å². The number of ether oxygens (including phenoxy) is 1. The first-order valence-corrected chi connectivity index (χ1v) is 10.9. The number of imidazole rings is 1. The van der Waals surface area contributed by atoms with Crippen LogP contribution in [0.25, 0.3) is 11.4 Å². The molecule has 0 radical (unpaired) electrons. The van der Waals surface area contributed by atoms with Crippen molar-refractivity contribution in [2.45, 2.75) is 24.9 Å². The largest absolute Gasteiger partial charge is 0.573 e. The molecule has 0 unspecified atom stereocenters. The Balaban J connectivity index is 1.82. The van der Waals surface area contributed by atoms with Crippen LogP contribution in [0.5, 0.6) is 5.75 Å². The number of halogens is 3. The fourth-order valence-corrected chi connectivity index (χ4v) is 4.66. The molecule has 1 aliphatic heterocycles. The van der Waals surface area contributed by atoms with Crippen LogP contribution < -0.4 is 9.64 Å². The minimum Gasteiger partial charge on any atom is -0.406 e. The van der Waals surface area contributed by atoms with Gasteiger partial charge in [0.1, 0.15) is 17.9 Å². The maximum Gasteiger partial charge on any atom is 0.573 e. The summed E-state index contributed by atoms with van der Waals surface area (Å²) in [5, 5.41) is -0.188. The number of carbonyl (C=O) groups excluding carboxylic acids is 1. The molecule has 4 rings (SSSR count). The number of hydrogen-bond donors (Lipinski definition) is 0. The number of fused-ring (bicyclic) bond motifs is 1. The fraction of sp³-hybridized carbons (Fsp3) is 0.263. The number of amides is 1. The highest BCUT2D eigenvalue weighted by molar-refractivity contribution is 7.91. The lowest BCUT2D eigenvalue weighted by Crippen LogP contribution is -2.26. The van der Waals surface area contributed by atoms with E-state index in [0.29, 0.717) is 11.1 Å². The van der Waals surface area contributed by atoms with E-state index in [2.05, 4.69) is 19.7 Å². The Morgan fingerprint density at radius 3 is 2.50 bits per heavy atom. The Morgan fingerprint density at radius 1 is 1.19 bits per heavy atom. The lowest BCUT2D eigenvalue weighted by molar-refractivity contribution is -0.274. The van der Waals surface area contributed by atoms with Crippen molar-refractivity contribution < 1.29 is 31.1 Å². The molecule has 2 aromatic heterocycles. The Hall–Kier alpha value is -3.48. The van der Waals surface area contributed by atoms with Gasteiger partial charge < -0.3 is 9.30 Å². The molecule has 3 heterocycles. The van der Waals surface area contributed by atoms with Crippen molar-refractivity contribution in [3.8, 4) is 17.1 Å². The van der Waals surface area contributed by atoms with Crippen LogP contribution in [0.15, 0.2) is 41.9 Å². The van der Waals surface area contributed by atoms with E-state index in [4.69, 9.17) is 0 Å². The number of aromatic nitrogens is 4. The van der Waals surface area contributed by atoms with Crippen LogP contribution in [0.2, 0.25) is 0 Å². The second-order valence-corrected chi connectivity index (χ2v) is 9.11. The van der Waals surface area contributed by atoms with Gasteiger partial charge in [0, 0.05) is 25.0 Å². The summed E-state index contributed by atoms with van der Waals surface area (Å²) in [5.74, 6) is -1.38. The zero-order chi connectivity index (χ0) is 23.3. The van der Waals surface area contributed by atoms with Crippen LogP contribution in [0, 0.1) is 0 Å². The van der Waals surface area contributed by atoms with Crippen LogP contribution in [0.3, 0.4) is 0 Å². The molecule has 0 saturated carbocycles.